The van der Waals surface area contributed by atoms with Crippen LogP contribution in [-0.4, -0.2) is 66.9 Å². The molecule has 4 fully saturated rings. The lowest BCUT2D eigenvalue weighted by molar-refractivity contribution is -0.00228. The Morgan fingerprint density at radius 1 is 1.13 bits per heavy atom. The number of nitrogens with zero attached hydrogens (tertiary/aromatic N) is 2. The number of carbonyl (C=O) groups is 1. The first-order valence-electron chi connectivity index (χ1n) is 11.5. The zero-order chi connectivity index (χ0) is 21.6. The van der Waals surface area contributed by atoms with Gasteiger partial charge >= 0.3 is 0 Å². The number of sulfonamides is 1. The number of piperidine rings is 1. The maximum atomic E-state index is 13.2. The largest absolute Gasteiger partial charge is 0.380 e. The third-order valence-electron chi connectivity index (χ3n) is 7.46. The molecule has 5 rings (SSSR count). The quantitative estimate of drug-likeness (QED) is 0.667. The molecule has 3 N–H and O–H groups in total. The van der Waals surface area contributed by atoms with E-state index < -0.39 is 10.0 Å². The van der Waals surface area contributed by atoms with Crippen molar-refractivity contribution in [2.45, 2.75) is 81.5 Å². The summed E-state index contributed by atoms with van der Waals surface area (Å²) < 4.78 is 38.7. The fourth-order valence-electron chi connectivity index (χ4n) is 5.69. The molecule has 1 aromatic rings. The normalized spacial score (nSPS) is 34.4. The monoisotopic (exact) mass is 452 g/mol. The van der Waals surface area contributed by atoms with Gasteiger partial charge in [-0.2, -0.15) is 4.31 Å². The number of aromatic nitrogens is 1. The Balaban J connectivity index is 1.18. The van der Waals surface area contributed by atoms with E-state index >= 15 is 0 Å². The van der Waals surface area contributed by atoms with Gasteiger partial charge in [-0.05, 0) is 57.3 Å². The highest BCUT2D eigenvalue weighted by molar-refractivity contribution is 7.89. The van der Waals surface area contributed by atoms with Crippen molar-refractivity contribution in [3.05, 3.63) is 17.5 Å². The van der Waals surface area contributed by atoms with Gasteiger partial charge in [-0.25, -0.2) is 8.42 Å². The molecule has 3 saturated heterocycles. The molecule has 2 unspecified atom stereocenters. The van der Waals surface area contributed by atoms with Crippen molar-refractivity contribution >= 4 is 15.9 Å². The van der Waals surface area contributed by atoms with E-state index in [1.165, 1.54) is 0 Å². The van der Waals surface area contributed by atoms with E-state index in [2.05, 4.69) is 10.5 Å². The summed E-state index contributed by atoms with van der Waals surface area (Å²) in [5, 5.41) is 6.96. The predicted octanol–water partition coefficient (Wildman–Crippen LogP) is 1.36. The highest BCUT2D eigenvalue weighted by Crippen LogP contribution is 2.39. The van der Waals surface area contributed by atoms with Gasteiger partial charge in [-0.3, -0.25) is 4.79 Å². The average molecular weight is 453 g/mol. The minimum atomic E-state index is -3.30. The lowest BCUT2D eigenvalue weighted by atomic mass is 9.88. The minimum Gasteiger partial charge on any atom is -0.380 e. The molecule has 1 aliphatic carbocycles. The third kappa shape index (κ3) is 4.40. The smallest absolute Gasteiger partial charge is 0.273 e. The Kier molecular flexibility index (Phi) is 5.83. The van der Waals surface area contributed by atoms with Gasteiger partial charge in [0.2, 0.25) is 10.0 Å². The summed E-state index contributed by atoms with van der Waals surface area (Å²) in [4.78, 5) is 12.6. The fraction of sp³-hybridized carbons (Fsp3) is 0.810. The van der Waals surface area contributed by atoms with E-state index in [1.54, 1.807) is 10.4 Å². The van der Waals surface area contributed by atoms with E-state index in [0.29, 0.717) is 31.8 Å². The SMILES string of the molecule is NC1CCC(CS(=O)(=O)N2C3CC[C@H]2CC(NC(=O)c2cc(C4COC4)on2)C3)CC1. The van der Waals surface area contributed by atoms with Gasteiger partial charge in [-0.15, -0.1) is 0 Å². The first-order chi connectivity index (χ1) is 14.9. The molecule has 1 amide bonds. The maximum absolute atomic E-state index is 13.2. The molecule has 3 atom stereocenters. The molecule has 4 heterocycles. The van der Waals surface area contributed by atoms with Crippen molar-refractivity contribution in [3.63, 3.8) is 0 Å². The Bertz CT molecular complexity index is 893. The summed E-state index contributed by atoms with van der Waals surface area (Å²) in [5.74, 6) is 1.05. The highest BCUT2D eigenvalue weighted by Gasteiger charge is 2.47. The number of ether oxygens (including phenoxy) is 1. The van der Waals surface area contributed by atoms with Crippen LogP contribution < -0.4 is 11.1 Å². The van der Waals surface area contributed by atoms with Crippen LogP contribution in [0.3, 0.4) is 0 Å². The Hall–Kier alpha value is -1.49. The van der Waals surface area contributed by atoms with E-state index in [0.717, 1.165) is 38.5 Å². The second-order valence-electron chi connectivity index (χ2n) is 9.76. The van der Waals surface area contributed by atoms with Gasteiger partial charge < -0.3 is 20.3 Å². The first-order valence-corrected chi connectivity index (χ1v) is 13.1. The van der Waals surface area contributed by atoms with Crippen LogP contribution in [0, 0.1) is 5.92 Å². The second-order valence-corrected chi connectivity index (χ2v) is 11.7. The summed E-state index contributed by atoms with van der Waals surface area (Å²) >= 11 is 0. The van der Waals surface area contributed by atoms with Crippen LogP contribution in [0.2, 0.25) is 0 Å². The summed E-state index contributed by atoms with van der Waals surface area (Å²) in [5.41, 5.74) is 6.25. The number of fused-ring (bicyclic) bond motifs is 2. The Morgan fingerprint density at radius 2 is 1.81 bits per heavy atom. The molecular formula is C21H32N4O5S. The number of carbonyl (C=O) groups excluding carboxylic acids is 1. The van der Waals surface area contributed by atoms with Crippen molar-refractivity contribution in [2.24, 2.45) is 11.7 Å². The number of amides is 1. The lowest BCUT2D eigenvalue weighted by Crippen LogP contribution is -2.53. The zero-order valence-electron chi connectivity index (χ0n) is 17.7. The van der Waals surface area contributed by atoms with Crippen molar-refractivity contribution in [1.29, 1.82) is 0 Å². The number of rotatable bonds is 6. The maximum Gasteiger partial charge on any atom is 0.273 e. The number of hydrogen-bond donors (Lipinski definition) is 2. The second kappa shape index (κ2) is 8.46. The van der Waals surface area contributed by atoms with Crippen LogP contribution in [0.5, 0.6) is 0 Å². The molecule has 31 heavy (non-hydrogen) atoms. The molecule has 2 bridgehead atoms. The molecule has 0 spiro atoms. The summed E-state index contributed by atoms with van der Waals surface area (Å²) in [6.07, 6.45) is 6.65. The number of nitrogens with two attached hydrogens (primary N) is 1. The van der Waals surface area contributed by atoms with Gasteiger partial charge in [0.15, 0.2) is 5.69 Å². The first kappa shape index (κ1) is 21.4. The Morgan fingerprint density at radius 3 is 2.42 bits per heavy atom. The topological polar surface area (TPSA) is 128 Å². The number of hydrogen-bond acceptors (Lipinski definition) is 7. The molecule has 10 heteroatoms. The van der Waals surface area contributed by atoms with Crippen LogP contribution >= 0.6 is 0 Å². The standard InChI is InChI=1S/C21H32N4O5S/c22-15-3-1-13(2-4-15)12-31(27,28)25-17-5-6-18(25)8-16(7-17)23-21(26)19-9-20(30-24-19)14-10-29-11-14/h9,13-18H,1-8,10-12,22H2,(H,23,26)/t13?,15?,16?,17-,18?/m0/s1. The van der Waals surface area contributed by atoms with E-state index in [9.17, 15) is 13.2 Å². The summed E-state index contributed by atoms with van der Waals surface area (Å²) in [6, 6.07) is 1.81. The van der Waals surface area contributed by atoms with Crippen LogP contribution in [0.25, 0.3) is 0 Å². The van der Waals surface area contributed by atoms with Crippen molar-refractivity contribution in [1.82, 2.24) is 14.8 Å². The third-order valence-corrected chi connectivity index (χ3v) is 9.59. The number of nitrogens with one attached hydrogen (secondary N) is 1. The van der Waals surface area contributed by atoms with Crippen LogP contribution in [0.15, 0.2) is 10.6 Å². The van der Waals surface area contributed by atoms with Crippen LogP contribution in [0.4, 0.5) is 0 Å². The minimum absolute atomic E-state index is 0.0279. The van der Waals surface area contributed by atoms with E-state index in [4.69, 9.17) is 15.0 Å². The fourth-order valence-corrected chi connectivity index (χ4v) is 8.09. The van der Waals surface area contributed by atoms with E-state index in [1.807, 2.05) is 0 Å². The zero-order valence-corrected chi connectivity index (χ0v) is 18.6. The van der Waals surface area contributed by atoms with Gasteiger partial charge in [0, 0.05) is 30.2 Å². The molecule has 4 aliphatic rings. The summed E-state index contributed by atoms with van der Waals surface area (Å²) in [7, 11) is -3.30. The van der Waals surface area contributed by atoms with Gasteiger partial charge in [0.1, 0.15) is 5.76 Å². The van der Waals surface area contributed by atoms with Crippen LogP contribution in [0.1, 0.15) is 73.5 Å². The van der Waals surface area contributed by atoms with Crippen molar-refractivity contribution in [3.8, 4) is 0 Å². The molecule has 1 aromatic heterocycles. The lowest BCUT2D eigenvalue weighted by Gasteiger charge is -2.39. The molecule has 3 aliphatic heterocycles. The van der Waals surface area contributed by atoms with E-state index in [-0.39, 0.29) is 53.4 Å². The van der Waals surface area contributed by atoms with Gasteiger partial charge in [0.05, 0.1) is 24.9 Å². The molecule has 172 valence electrons. The Labute approximate surface area is 183 Å². The molecule has 0 aromatic carbocycles. The van der Waals surface area contributed by atoms with Gasteiger partial charge in [-0.1, -0.05) is 5.16 Å². The van der Waals surface area contributed by atoms with Crippen LogP contribution in [-0.2, 0) is 14.8 Å². The van der Waals surface area contributed by atoms with Gasteiger partial charge in [0.25, 0.3) is 5.91 Å². The highest BCUT2D eigenvalue weighted by atomic mass is 32.2. The van der Waals surface area contributed by atoms with Crippen molar-refractivity contribution < 1.29 is 22.5 Å². The summed E-state index contributed by atoms with van der Waals surface area (Å²) in [6.45, 7) is 1.19. The molecule has 9 nitrogen and oxygen atoms in total. The van der Waals surface area contributed by atoms with Crippen molar-refractivity contribution in [2.75, 3.05) is 19.0 Å². The molecular weight excluding hydrogens is 420 g/mol. The molecule has 1 saturated carbocycles. The predicted molar refractivity (Wildman–Crippen MR) is 113 cm³/mol. The molecule has 0 radical (unpaired) electrons. The average Bonchev–Trinajstić information content (AvgIpc) is 3.26.